The Morgan fingerprint density at radius 2 is 2.15 bits per heavy atom. The number of hydrogen-bond donors (Lipinski definition) is 1. The Bertz CT molecular complexity index is 1240. The molecule has 1 atom stereocenters. The van der Waals surface area contributed by atoms with Crippen LogP contribution in [0.5, 0.6) is 0 Å². The quantitative estimate of drug-likeness (QED) is 0.551. The predicted molar refractivity (Wildman–Crippen MR) is 134 cm³/mol. The van der Waals surface area contributed by atoms with Gasteiger partial charge < -0.3 is 14.8 Å². The number of morpholine rings is 1. The number of halogens is 1. The van der Waals surface area contributed by atoms with Crippen LogP contribution in [0.15, 0.2) is 33.5 Å². The van der Waals surface area contributed by atoms with Crippen LogP contribution < -0.4 is 20.1 Å². The van der Waals surface area contributed by atoms with E-state index in [0.717, 1.165) is 36.0 Å². The van der Waals surface area contributed by atoms with Gasteiger partial charge in [0.15, 0.2) is 5.57 Å². The Hall–Kier alpha value is -2.29. The fraction of sp³-hybridized carbons (Fsp3) is 0.458. The third kappa shape index (κ3) is 6.23. The first-order valence-corrected chi connectivity index (χ1v) is 13.0. The molecule has 1 aromatic carbocycles. The molecule has 180 valence electrons. The topological polar surface area (TPSA) is 96.6 Å². The molecule has 1 unspecified atom stereocenters. The number of benzene rings is 1. The minimum atomic E-state index is -0.466. The van der Waals surface area contributed by atoms with Crippen LogP contribution in [0.25, 0.3) is 11.6 Å². The molecule has 2 fully saturated rings. The second-order valence-electron chi connectivity index (χ2n) is 8.22. The minimum absolute atomic E-state index is 0.0454. The zero-order valence-corrected chi connectivity index (χ0v) is 21.2. The summed E-state index contributed by atoms with van der Waals surface area (Å²) >= 11 is 4.62. The van der Waals surface area contributed by atoms with Crippen molar-refractivity contribution in [3.05, 3.63) is 53.9 Å². The summed E-state index contributed by atoms with van der Waals surface area (Å²) in [6, 6.07) is 9.67. The van der Waals surface area contributed by atoms with Crippen molar-refractivity contribution in [1.82, 2.24) is 14.8 Å². The van der Waals surface area contributed by atoms with E-state index in [0.29, 0.717) is 48.7 Å². The van der Waals surface area contributed by atoms with E-state index < -0.39 is 5.91 Å². The summed E-state index contributed by atoms with van der Waals surface area (Å²) < 4.78 is 14.4. The Balaban J connectivity index is 1.67. The number of nitrogens with one attached hydrogen (secondary N) is 1. The smallest absolute Gasteiger partial charge is 0.269 e. The molecule has 10 heteroatoms. The van der Waals surface area contributed by atoms with Crippen molar-refractivity contribution in [3.8, 4) is 6.07 Å². The van der Waals surface area contributed by atoms with Crippen molar-refractivity contribution < 1.29 is 14.3 Å². The van der Waals surface area contributed by atoms with Gasteiger partial charge in [-0.1, -0.05) is 28.1 Å². The largest absolute Gasteiger partial charge is 0.379 e. The fourth-order valence-corrected chi connectivity index (χ4v) is 5.57. The summed E-state index contributed by atoms with van der Waals surface area (Å²) in [6.45, 7) is 5.11. The lowest BCUT2D eigenvalue weighted by Gasteiger charge is -2.26. The number of nitrogens with zero attached hydrogens (tertiary/aromatic N) is 3. The third-order valence-corrected chi connectivity index (χ3v) is 7.46. The molecule has 0 saturated carbocycles. The Morgan fingerprint density at radius 1 is 1.32 bits per heavy atom. The van der Waals surface area contributed by atoms with Crippen LogP contribution in [-0.4, -0.2) is 67.5 Å². The highest BCUT2D eigenvalue weighted by molar-refractivity contribution is 9.10. The van der Waals surface area contributed by atoms with Crippen molar-refractivity contribution in [3.63, 3.8) is 0 Å². The average molecular weight is 547 g/mol. The molecule has 2 aromatic rings. The number of hydrogen-bond acceptors (Lipinski definition) is 7. The summed E-state index contributed by atoms with van der Waals surface area (Å²) in [5, 5.41) is 12.7. The number of nitriles is 1. The van der Waals surface area contributed by atoms with Crippen molar-refractivity contribution in [2.45, 2.75) is 25.5 Å². The molecule has 0 aliphatic carbocycles. The first kappa shape index (κ1) is 24.8. The molecule has 34 heavy (non-hydrogen) atoms. The first-order valence-electron chi connectivity index (χ1n) is 11.4. The maximum absolute atomic E-state index is 13.3. The van der Waals surface area contributed by atoms with Crippen LogP contribution in [-0.2, 0) is 20.8 Å². The number of ether oxygens (including phenoxy) is 2. The molecule has 4 rings (SSSR count). The molecular formula is C24H27BrN4O4S. The standard InChI is InChI=1S/C24H27BrN4O4S/c25-18-4-1-3-17(13-18)14-21-23(31)29(16-19-5-2-10-33-19)24(34-21)20(15-26)22(30)27-6-7-28-8-11-32-12-9-28/h1,3-4,13-14,19H,2,5-12,16H2,(H,27,30)/b21-14-,24-20-. The number of aromatic nitrogens is 1. The summed E-state index contributed by atoms with van der Waals surface area (Å²) in [7, 11) is 0. The highest BCUT2D eigenvalue weighted by atomic mass is 79.9. The Kier molecular flexibility index (Phi) is 8.69. The van der Waals surface area contributed by atoms with Crippen molar-refractivity contribution in [2.75, 3.05) is 46.0 Å². The summed E-state index contributed by atoms with van der Waals surface area (Å²) in [4.78, 5) is 28.5. The number of carbonyl (C=O) groups excluding carboxylic acids is 1. The van der Waals surface area contributed by atoms with Crippen LogP contribution in [0.2, 0.25) is 0 Å². The van der Waals surface area contributed by atoms with E-state index >= 15 is 0 Å². The van der Waals surface area contributed by atoms with Gasteiger partial charge in [-0.05, 0) is 36.6 Å². The van der Waals surface area contributed by atoms with Gasteiger partial charge in [0.05, 0.1) is 30.4 Å². The van der Waals surface area contributed by atoms with Gasteiger partial charge in [-0.25, -0.2) is 0 Å². The molecule has 1 amide bonds. The highest BCUT2D eigenvalue weighted by Gasteiger charge is 2.21. The summed E-state index contributed by atoms with van der Waals surface area (Å²) in [6.07, 6.45) is 3.47. The maximum atomic E-state index is 13.3. The van der Waals surface area contributed by atoms with Crippen molar-refractivity contribution >= 4 is 44.8 Å². The Morgan fingerprint density at radius 3 is 2.85 bits per heavy atom. The van der Waals surface area contributed by atoms with E-state index in [4.69, 9.17) is 9.47 Å². The van der Waals surface area contributed by atoms with E-state index in [1.54, 1.807) is 6.08 Å². The lowest BCUT2D eigenvalue weighted by atomic mass is 10.2. The molecule has 1 aromatic heterocycles. The van der Waals surface area contributed by atoms with Gasteiger partial charge >= 0.3 is 0 Å². The predicted octanol–water partition coefficient (Wildman–Crippen LogP) is 0.803. The molecule has 0 radical (unpaired) electrons. The number of amides is 1. The zero-order valence-electron chi connectivity index (χ0n) is 18.8. The normalized spacial score (nSPS) is 20.2. The van der Waals surface area contributed by atoms with Gasteiger partial charge in [-0.2, -0.15) is 5.26 Å². The summed E-state index contributed by atoms with van der Waals surface area (Å²) in [5.74, 6) is -0.466. The molecule has 2 saturated heterocycles. The lowest BCUT2D eigenvalue weighted by Crippen LogP contribution is -2.42. The monoisotopic (exact) mass is 546 g/mol. The summed E-state index contributed by atoms with van der Waals surface area (Å²) in [5.41, 5.74) is 0.595. The van der Waals surface area contributed by atoms with Crippen molar-refractivity contribution in [2.24, 2.45) is 0 Å². The van der Waals surface area contributed by atoms with Crippen LogP contribution in [0.3, 0.4) is 0 Å². The first-order chi connectivity index (χ1) is 16.5. The number of thiazole rings is 1. The van der Waals surface area contributed by atoms with E-state index in [-0.39, 0.29) is 17.2 Å². The second-order valence-corrected chi connectivity index (χ2v) is 10.2. The average Bonchev–Trinajstić information content (AvgIpc) is 3.45. The minimum Gasteiger partial charge on any atom is -0.379 e. The molecule has 0 spiro atoms. The number of carbonyl (C=O) groups is 1. The molecule has 2 aliphatic rings. The van der Waals surface area contributed by atoms with Gasteiger partial charge in [0, 0.05) is 37.3 Å². The van der Waals surface area contributed by atoms with Gasteiger partial charge in [-0.15, -0.1) is 11.3 Å². The van der Waals surface area contributed by atoms with Gasteiger partial charge in [0.2, 0.25) is 0 Å². The lowest BCUT2D eigenvalue weighted by molar-refractivity contribution is -0.115. The van der Waals surface area contributed by atoms with Crippen LogP contribution in [0, 0.1) is 11.3 Å². The zero-order chi connectivity index (χ0) is 23.9. The van der Waals surface area contributed by atoms with Crippen LogP contribution in [0.4, 0.5) is 0 Å². The SMILES string of the molecule is N#C/C(C(=O)NCCN1CCOCC1)=c1/s/c(=C\c2cccc(Br)c2)c(=O)n1CC1CCCO1. The van der Waals surface area contributed by atoms with E-state index in [2.05, 4.69) is 26.1 Å². The van der Waals surface area contributed by atoms with Crippen molar-refractivity contribution in [1.29, 1.82) is 5.26 Å². The molecule has 1 N–H and O–H groups in total. The third-order valence-electron chi connectivity index (χ3n) is 5.83. The van der Waals surface area contributed by atoms with Crippen LogP contribution in [0.1, 0.15) is 18.4 Å². The second kappa shape index (κ2) is 11.9. The molecule has 8 nitrogen and oxygen atoms in total. The van der Waals surface area contributed by atoms with Gasteiger partial charge in [0.25, 0.3) is 11.5 Å². The maximum Gasteiger partial charge on any atom is 0.269 e. The van der Waals surface area contributed by atoms with E-state index in [1.807, 2.05) is 30.3 Å². The highest BCUT2D eigenvalue weighted by Crippen LogP contribution is 2.13. The number of rotatable bonds is 7. The van der Waals surface area contributed by atoms with Gasteiger partial charge in [-0.3, -0.25) is 19.1 Å². The molecule has 2 aliphatic heterocycles. The molecular weight excluding hydrogens is 520 g/mol. The van der Waals surface area contributed by atoms with Gasteiger partial charge in [0.1, 0.15) is 10.7 Å². The van der Waals surface area contributed by atoms with Crippen LogP contribution >= 0.6 is 27.3 Å². The molecule has 3 heterocycles. The fourth-order valence-electron chi connectivity index (χ4n) is 4.05. The molecule has 0 bridgehead atoms. The Labute approximate surface area is 210 Å². The van der Waals surface area contributed by atoms with E-state index in [1.165, 1.54) is 15.9 Å². The van der Waals surface area contributed by atoms with E-state index in [9.17, 15) is 14.9 Å².